The fraction of sp³-hybridized carbons (Fsp3) is 0.296. The number of anilines is 1. The average Bonchev–Trinajstić information content (AvgIpc) is 3.29. The molecule has 0 bridgehead atoms. The van der Waals surface area contributed by atoms with Gasteiger partial charge < -0.3 is 15.0 Å². The third-order valence-corrected chi connectivity index (χ3v) is 6.35. The number of rotatable bonds is 7. The molecule has 6 heteroatoms. The smallest absolute Gasteiger partial charge is 0.174 e. The molecule has 0 unspecified atom stereocenters. The Balaban J connectivity index is 1.25. The monoisotopic (exact) mass is 439 g/mol. The van der Waals surface area contributed by atoms with Crippen LogP contribution in [0.3, 0.4) is 0 Å². The summed E-state index contributed by atoms with van der Waals surface area (Å²) < 4.78 is 5.48. The van der Waals surface area contributed by atoms with E-state index in [0.717, 1.165) is 73.9 Å². The van der Waals surface area contributed by atoms with Crippen molar-refractivity contribution in [2.24, 2.45) is 0 Å². The molecule has 0 spiro atoms. The molecular formula is C27H29N5O. The molecule has 1 aliphatic carbocycles. The van der Waals surface area contributed by atoms with Crippen LogP contribution in [-0.4, -0.2) is 47.8 Å². The molecule has 6 nitrogen and oxygen atoms in total. The van der Waals surface area contributed by atoms with Crippen molar-refractivity contribution in [3.8, 4) is 0 Å². The Bertz CT molecular complexity index is 1180. The minimum Gasteiger partial charge on any atom is -0.382 e. The lowest BCUT2D eigenvalue weighted by atomic mass is 10.0. The number of aryl methyl sites for hydroxylation is 1. The lowest BCUT2D eigenvalue weighted by Crippen LogP contribution is -2.36. The van der Waals surface area contributed by atoms with Gasteiger partial charge in [-0.1, -0.05) is 36.9 Å². The van der Waals surface area contributed by atoms with Crippen molar-refractivity contribution in [1.82, 2.24) is 20.3 Å². The van der Waals surface area contributed by atoms with Crippen LogP contribution >= 0.6 is 0 Å². The lowest BCUT2D eigenvalue weighted by molar-refractivity contribution is 0.122. The lowest BCUT2D eigenvalue weighted by Gasteiger charge is -2.29. The van der Waals surface area contributed by atoms with Gasteiger partial charge in [0.25, 0.3) is 0 Å². The Morgan fingerprint density at radius 2 is 1.88 bits per heavy atom. The SMILES string of the molecule is C=C(NCCc1ccccc1C)c1ncc(C2=CCc3ncc(N4CCOCC4)cc32)cn1. The van der Waals surface area contributed by atoms with Crippen molar-refractivity contribution in [1.29, 1.82) is 0 Å². The highest BCUT2D eigenvalue weighted by Crippen LogP contribution is 2.33. The highest BCUT2D eigenvalue weighted by Gasteiger charge is 2.20. The number of benzene rings is 1. The Kier molecular flexibility index (Phi) is 6.17. The van der Waals surface area contributed by atoms with Crippen molar-refractivity contribution < 1.29 is 4.74 Å². The van der Waals surface area contributed by atoms with Crippen LogP contribution in [0, 0.1) is 6.92 Å². The van der Waals surface area contributed by atoms with E-state index in [9.17, 15) is 0 Å². The number of fused-ring (bicyclic) bond motifs is 1. The largest absolute Gasteiger partial charge is 0.382 e. The number of pyridine rings is 1. The molecule has 33 heavy (non-hydrogen) atoms. The van der Waals surface area contributed by atoms with E-state index >= 15 is 0 Å². The third-order valence-electron chi connectivity index (χ3n) is 6.35. The number of hydrogen-bond donors (Lipinski definition) is 1. The quantitative estimate of drug-likeness (QED) is 0.604. The Morgan fingerprint density at radius 1 is 1.09 bits per heavy atom. The molecule has 2 aromatic heterocycles. The van der Waals surface area contributed by atoms with E-state index in [1.807, 2.05) is 18.6 Å². The van der Waals surface area contributed by atoms with Crippen LogP contribution in [0.15, 0.2) is 61.6 Å². The van der Waals surface area contributed by atoms with Crippen molar-refractivity contribution in [3.63, 3.8) is 0 Å². The van der Waals surface area contributed by atoms with E-state index in [1.165, 1.54) is 16.7 Å². The minimum atomic E-state index is 0.627. The summed E-state index contributed by atoms with van der Waals surface area (Å²) in [4.78, 5) is 16.2. The van der Waals surface area contributed by atoms with Gasteiger partial charge in [0.05, 0.1) is 36.5 Å². The maximum atomic E-state index is 5.48. The number of allylic oxidation sites excluding steroid dienone is 1. The summed E-state index contributed by atoms with van der Waals surface area (Å²) in [5, 5.41) is 3.36. The second kappa shape index (κ2) is 9.55. The van der Waals surface area contributed by atoms with E-state index in [-0.39, 0.29) is 0 Å². The summed E-state index contributed by atoms with van der Waals surface area (Å²) in [5.74, 6) is 0.627. The summed E-state index contributed by atoms with van der Waals surface area (Å²) in [6, 6.07) is 10.7. The predicted molar refractivity (Wildman–Crippen MR) is 132 cm³/mol. The second-order valence-corrected chi connectivity index (χ2v) is 8.49. The van der Waals surface area contributed by atoms with Crippen LogP contribution < -0.4 is 10.2 Å². The van der Waals surface area contributed by atoms with Gasteiger partial charge in [-0.25, -0.2) is 9.97 Å². The second-order valence-electron chi connectivity index (χ2n) is 8.49. The zero-order valence-electron chi connectivity index (χ0n) is 19.1. The first-order valence-electron chi connectivity index (χ1n) is 11.5. The molecule has 0 radical (unpaired) electrons. The highest BCUT2D eigenvalue weighted by molar-refractivity contribution is 5.84. The first kappa shape index (κ1) is 21.3. The van der Waals surface area contributed by atoms with Crippen molar-refractivity contribution in [2.75, 3.05) is 37.7 Å². The van der Waals surface area contributed by atoms with Gasteiger partial charge in [0.15, 0.2) is 5.82 Å². The van der Waals surface area contributed by atoms with Crippen molar-refractivity contribution in [2.45, 2.75) is 19.8 Å². The average molecular weight is 440 g/mol. The number of ether oxygens (including phenoxy) is 1. The van der Waals surface area contributed by atoms with Gasteiger partial charge in [0.2, 0.25) is 0 Å². The Hall–Kier alpha value is -3.51. The zero-order valence-corrected chi connectivity index (χ0v) is 19.1. The van der Waals surface area contributed by atoms with Gasteiger partial charge in [-0.3, -0.25) is 4.98 Å². The molecule has 1 saturated heterocycles. The third kappa shape index (κ3) is 4.66. The number of nitrogens with zero attached hydrogens (tertiary/aromatic N) is 4. The molecule has 1 aliphatic heterocycles. The molecule has 5 rings (SSSR count). The number of hydrogen-bond acceptors (Lipinski definition) is 6. The summed E-state index contributed by atoms with van der Waals surface area (Å²) >= 11 is 0. The van der Waals surface area contributed by atoms with Crippen molar-refractivity contribution >= 4 is 17.0 Å². The first-order valence-corrected chi connectivity index (χ1v) is 11.5. The van der Waals surface area contributed by atoms with E-state index in [2.05, 4.69) is 70.1 Å². The van der Waals surface area contributed by atoms with Crippen molar-refractivity contribution in [3.05, 3.63) is 95.3 Å². The summed E-state index contributed by atoms with van der Waals surface area (Å²) in [7, 11) is 0. The molecule has 1 N–H and O–H groups in total. The fourth-order valence-electron chi connectivity index (χ4n) is 4.40. The van der Waals surface area contributed by atoms with E-state index in [0.29, 0.717) is 5.82 Å². The normalized spacial score (nSPS) is 15.2. The fourth-order valence-corrected chi connectivity index (χ4v) is 4.40. The van der Waals surface area contributed by atoms with Crippen LogP contribution in [-0.2, 0) is 17.6 Å². The molecule has 1 fully saturated rings. The molecule has 0 amide bonds. The molecule has 168 valence electrons. The summed E-state index contributed by atoms with van der Waals surface area (Å²) in [6.07, 6.45) is 9.74. The summed E-state index contributed by atoms with van der Waals surface area (Å²) in [6.45, 7) is 10.4. The standard InChI is InChI=1S/C27H29N5O/c1-19-5-3-4-6-21(19)9-10-28-20(2)27-30-16-22(17-31-27)24-7-8-26-25(24)15-23(18-29-26)32-11-13-33-14-12-32/h3-7,15-18,28H,2,8-14H2,1H3. The number of aromatic nitrogens is 3. The molecule has 0 atom stereocenters. The maximum Gasteiger partial charge on any atom is 0.174 e. The Morgan fingerprint density at radius 3 is 2.67 bits per heavy atom. The van der Waals surface area contributed by atoms with E-state index in [1.54, 1.807) is 0 Å². The van der Waals surface area contributed by atoms with Gasteiger partial charge in [-0.05, 0) is 36.1 Å². The summed E-state index contributed by atoms with van der Waals surface area (Å²) in [5.41, 5.74) is 8.97. The van der Waals surface area contributed by atoms with Crippen LogP contribution in [0.1, 0.15) is 33.8 Å². The molecule has 1 aromatic carbocycles. The predicted octanol–water partition coefficient (Wildman–Crippen LogP) is 3.81. The topological polar surface area (TPSA) is 63.2 Å². The highest BCUT2D eigenvalue weighted by atomic mass is 16.5. The Labute approximate surface area is 195 Å². The minimum absolute atomic E-state index is 0.627. The van der Waals surface area contributed by atoms with Gasteiger partial charge >= 0.3 is 0 Å². The zero-order chi connectivity index (χ0) is 22.6. The van der Waals surface area contributed by atoms with E-state index in [4.69, 9.17) is 9.72 Å². The first-order chi connectivity index (χ1) is 16.2. The van der Waals surface area contributed by atoms with Gasteiger partial charge in [0, 0.05) is 49.6 Å². The van der Waals surface area contributed by atoms with Gasteiger partial charge in [-0.15, -0.1) is 0 Å². The molecule has 0 saturated carbocycles. The van der Waals surface area contributed by atoms with E-state index < -0.39 is 0 Å². The van der Waals surface area contributed by atoms with Crippen LogP contribution in [0.2, 0.25) is 0 Å². The van der Waals surface area contributed by atoms with Crippen LogP contribution in [0.25, 0.3) is 11.3 Å². The number of morpholine rings is 1. The van der Waals surface area contributed by atoms with Crippen LogP contribution in [0.5, 0.6) is 0 Å². The van der Waals surface area contributed by atoms with Gasteiger partial charge in [-0.2, -0.15) is 0 Å². The molecular weight excluding hydrogens is 410 g/mol. The molecule has 3 heterocycles. The molecule has 3 aromatic rings. The molecule has 2 aliphatic rings. The van der Waals surface area contributed by atoms with Gasteiger partial charge in [0.1, 0.15) is 0 Å². The van der Waals surface area contributed by atoms with Crippen LogP contribution in [0.4, 0.5) is 5.69 Å². The maximum absolute atomic E-state index is 5.48. The number of nitrogens with one attached hydrogen (secondary N) is 1.